The van der Waals surface area contributed by atoms with Crippen molar-refractivity contribution in [2.45, 2.75) is 33.0 Å². The summed E-state index contributed by atoms with van der Waals surface area (Å²) < 4.78 is 15.8. The zero-order chi connectivity index (χ0) is 20.1. The molecule has 1 aliphatic heterocycles. The van der Waals surface area contributed by atoms with Gasteiger partial charge in [-0.3, -0.25) is 9.59 Å². The third-order valence-electron chi connectivity index (χ3n) is 4.67. The van der Waals surface area contributed by atoms with Gasteiger partial charge in [-0.2, -0.15) is 0 Å². The lowest BCUT2D eigenvalue weighted by atomic mass is 10.1. The summed E-state index contributed by atoms with van der Waals surface area (Å²) in [5.74, 6) is 1.73. The molecule has 7 nitrogen and oxygen atoms in total. The molecule has 0 unspecified atom stereocenters. The van der Waals surface area contributed by atoms with Crippen molar-refractivity contribution in [2.75, 3.05) is 13.9 Å². The summed E-state index contributed by atoms with van der Waals surface area (Å²) in [4.78, 5) is 26.3. The zero-order valence-corrected chi connectivity index (χ0v) is 16.2. The number of hydrogen-bond donors (Lipinski definition) is 1. The standard InChI is InChI=1S/C21H24N2O5/c1-14(23(15(2)24)12-16-4-7-18(26-3)8-5-16)21(25)22-11-17-6-9-19-20(10-17)28-13-27-19/h4-10,14H,11-13H2,1-3H3,(H,22,25)/t14-/m1/s1. The maximum atomic E-state index is 12.6. The largest absolute Gasteiger partial charge is 0.497 e. The molecule has 3 rings (SSSR count). The zero-order valence-electron chi connectivity index (χ0n) is 16.2. The van der Waals surface area contributed by atoms with Gasteiger partial charge in [0, 0.05) is 20.0 Å². The van der Waals surface area contributed by atoms with E-state index in [1.54, 1.807) is 14.0 Å². The van der Waals surface area contributed by atoms with Gasteiger partial charge in [-0.25, -0.2) is 0 Å². The predicted molar refractivity (Wildman–Crippen MR) is 103 cm³/mol. The summed E-state index contributed by atoms with van der Waals surface area (Å²) in [5, 5.41) is 2.88. The highest BCUT2D eigenvalue weighted by Crippen LogP contribution is 2.32. The third-order valence-corrected chi connectivity index (χ3v) is 4.67. The van der Waals surface area contributed by atoms with Crippen LogP contribution in [0.2, 0.25) is 0 Å². The van der Waals surface area contributed by atoms with Crippen molar-refractivity contribution in [3.05, 3.63) is 53.6 Å². The smallest absolute Gasteiger partial charge is 0.242 e. The Morgan fingerprint density at radius 3 is 2.46 bits per heavy atom. The molecule has 7 heteroatoms. The van der Waals surface area contributed by atoms with Gasteiger partial charge in [-0.1, -0.05) is 18.2 Å². The van der Waals surface area contributed by atoms with E-state index in [1.165, 1.54) is 11.8 Å². The van der Waals surface area contributed by atoms with Gasteiger partial charge in [0.1, 0.15) is 11.8 Å². The number of methoxy groups -OCH3 is 1. The second-order valence-corrected chi connectivity index (χ2v) is 6.58. The van der Waals surface area contributed by atoms with Crippen molar-refractivity contribution in [1.82, 2.24) is 10.2 Å². The van der Waals surface area contributed by atoms with Crippen molar-refractivity contribution in [3.63, 3.8) is 0 Å². The van der Waals surface area contributed by atoms with E-state index in [-0.39, 0.29) is 18.6 Å². The molecule has 0 spiro atoms. The summed E-state index contributed by atoms with van der Waals surface area (Å²) in [6.45, 7) is 4.08. The lowest BCUT2D eigenvalue weighted by Crippen LogP contribution is -2.46. The number of nitrogens with zero attached hydrogens (tertiary/aromatic N) is 1. The number of fused-ring (bicyclic) bond motifs is 1. The van der Waals surface area contributed by atoms with Crippen LogP contribution in [0.1, 0.15) is 25.0 Å². The molecule has 0 aliphatic carbocycles. The molecule has 148 valence electrons. The number of amides is 2. The molecule has 2 aromatic carbocycles. The molecule has 1 aliphatic rings. The Bertz CT molecular complexity index is 850. The van der Waals surface area contributed by atoms with Crippen LogP contribution >= 0.6 is 0 Å². The van der Waals surface area contributed by atoms with E-state index < -0.39 is 6.04 Å². The molecule has 0 fully saturated rings. The third kappa shape index (κ3) is 4.54. The molecule has 28 heavy (non-hydrogen) atoms. The number of carbonyl (C=O) groups excluding carboxylic acids is 2. The quantitative estimate of drug-likeness (QED) is 0.794. The Morgan fingerprint density at radius 1 is 1.11 bits per heavy atom. The summed E-state index contributed by atoms with van der Waals surface area (Å²) >= 11 is 0. The Hall–Kier alpha value is -3.22. The first-order valence-corrected chi connectivity index (χ1v) is 9.04. The lowest BCUT2D eigenvalue weighted by Gasteiger charge is -2.27. The Morgan fingerprint density at radius 2 is 1.79 bits per heavy atom. The lowest BCUT2D eigenvalue weighted by molar-refractivity contribution is -0.139. The van der Waals surface area contributed by atoms with Crippen LogP contribution in [0, 0.1) is 0 Å². The fourth-order valence-electron chi connectivity index (χ4n) is 2.98. The number of carbonyl (C=O) groups is 2. The van der Waals surface area contributed by atoms with E-state index >= 15 is 0 Å². The average molecular weight is 384 g/mol. The topological polar surface area (TPSA) is 77.1 Å². The van der Waals surface area contributed by atoms with Crippen molar-refractivity contribution in [3.8, 4) is 17.2 Å². The first kappa shape index (κ1) is 19.5. The van der Waals surface area contributed by atoms with Gasteiger partial charge in [-0.15, -0.1) is 0 Å². The van der Waals surface area contributed by atoms with Crippen LogP contribution < -0.4 is 19.5 Å². The second kappa shape index (κ2) is 8.65. The molecule has 1 heterocycles. The fraction of sp³-hybridized carbons (Fsp3) is 0.333. The van der Waals surface area contributed by atoms with Gasteiger partial charge in [0.25, 0.3) is 0 Å². The van der Waals surface area contributed by atoms with Gasteiger partial charge in [0.2, 0.25) is 18.6 Å². The molecular weight excluding hydrogens is 360 g/mol. The Balaban J connectivity index is 1.60. The van der Waals surface area contributed by atoms with Crippen molar-refractivity contribution < 1.29 is 23.8 Å². The molecule has 0 aromatic heterocycles. The van der Waals surface area contributed by atoms with Crippen LogP contribution in [-0.2, 0) is 22.7 Å². The monoisotopic (exact) mass is 384 g/mol. The van der Waals surface area contributed by atoms with Gasteiger partial charge in [0.05, 0.1) is 7.11 Å². The molecule has 1 atom stereocenters. The predicted octanol–water partition coefficient (Wildman–Crippen LogP) is 2.48. The number of rotatable bonds is 7. The SMILES string of the molecule is COc1ccc(CN(C(C)=O)[C@H](C)C(=O)NCc2ccc3c(c2)OCO3)cc1. The molecule has 0 bridgehead atoms. The molecular formula is C21H24N2O5. The summed E-state index contributed by atoms with van der Waals surface area (Å²) in [5.41, 5.74) is 1.82. The molecule has 2 aromatic rings. The Kier molecular flexibility index (Phi) is 6.03. The van der Waals surface area contributed by atoms with E-state index in [1.807, 2.05) is 42.5 Å². The normalized spacial score (nSPS) is 13.0. The minimum atomic E-state index is -0.603. The number of ether oxygens (including phenoxy) is 3. The van der Waals surface area contributed by atoms with Crippen LogP contribution in [0.25, 0.3) is 0 Å². The van der Waals surface area contributed by atoms with Gasteiger partial charge < -0.3 is 24.4 Å². The highest BCUT2D eigenvalue weighted by Gasteiger charge is 2.24. The van der Waals surface area contributed by atoms with E-state index in [0.717, 1.165) is 16.9 Å². The highest BCUT2D eigenvalue weighted by atomic mass is 16.7. The molecule has 1 N–H and O–H groups in total. The van der Waals surface area contributed by atoms with Crippen LogP contribution in [0.5, 0.6) is 17.2 Å². The first-order chi connectivity index (χ1) is 13.5. The highest BCUT2D eigenvalue weighted by molar-refractivity contribution is 5.86. The van der Waals surface area contributed by atoms with Crippen molar-refractivity contribution in [1.29, 1.82) is 0 Å². The first-order valence-electron chi connectivity index (χ1n) is 9.04. The summed E-state index contributed by atoms with van der Waals surface area (Å²) in [6, 6.07) is 12.4. The molecule has 0 saturated carbocycles. The maximum Gasteiger partial charge on any atom is 0.242 e. The van der Waals surface area contributed by atoms with Gasteiger partial charge >= 0.3 is 0 Å². The number of nitrogens with one attached hydrogen (secondary N) is 1. The van der Waals surface area contributed by atoms with Crippen LogP contribution in [-0.4, -0.2) is 36.7 Å². The van der Waals surface area contributed by atoms with E-state index in [9.17, 15) is 9.59 Å². The van der Waals surface area contributed by atoms with Crippen molar-refractivity contribution >= 4 is 11.8 Å². The van der Waals surface area contributed by atoms with Gasteiger partial charge in [-0.05, 0) is 42.3 Å². The Labute approximate surface area is 164 Å². The van der Waals surface area contributed by atoms with E-state index in [2.05, 4.69) is 5.32 Å². The number of benzene rings is 2. The minimum Gasteiger partial charge on any atom is -0.497 e. The van der Waals surface area contributed by atoms with Crippen LogP contribution in [0.15, 0.2) is 42.5 Å². The number of hydrogen-bond acceptors (Lipinski definition) is 5. The van der Waals surface area contributed by atoms with Crippen molar-refractivity contribution in [2.24, 2.45) is 0 Å². The average Bonchev–Trinajstić information content (AvgIpc) is 3.17. The molecule has 0 radical (unpaired) electrons. The second-order valence-electron chi connectivity index (χ2n) is 6.58. The van der Waals surface area contributed by atoms with E-state index in [4.69, 9.17) is 14.2 Å². The van der Waals surface area contributed by atoms with Crippen LogP contribution in [0.4, 0.5) is 0 Å². The van der Waals surface area contributed by atoms with Crippen LogP contribution in [0.3, 0.4) is 0 Å². The maximum absolute atomic E-state index is 12.6. The molecule has 2 amide bonds. The summed E-state index contributed by atoms with van der Waals surface area (Å²) in [6.07, 6.45) is 0. The molecule has 0 saturated heterocycles. The summed E-state index contributed by atoms with van der Waals surface area (Å²) in [7, 11) is 1.60. The van der Waals surface area contributed by atoms with Gasteiger partial charge in [0.15, 0.2) is 11.5 Å². The van der Waals surface area contributed by atoms with E-state index in [0.29, 0.717) is 24.6 Å². The fourth-order valence-corrected chi connectivity index (χ4v) is 2.98. The minimum absolute atomic E-state index is 0.165.